The lowest BCUT2D eigenvalue weighted by Gasteiger charge is -2.35. The van der Waals surface area contributed by atoms with Gasteiger partial charge in [-0.05, 0) is 36.2 Å². The van der Waals surface area contributed by atoms with Crippen molar-refractivity contribution in [2.24, 2.45) is 0 Å². The van der Waals surface area contributed by atoms with Gasteiger partial charge in [0.1, 0.15) is 5.58 Å². The van der Waals surface area contributed by atoms with Crippen LogP contribution in [0.15, 0.2) is 39.5 Å². The zero-order valence-corrected chi connectivity index (χ0v) is 20.1. The molecule has 1 amide bonds. The molecule has 1 aromatic heterocycles. The van der Waals surface area contributed by atoms with Crippen LogP contribution in [0.3, 0.4) is 0 Å². The van der Waals surface area contributed by atoms with E-state index in [4.69, 9.17) is 23.4 Å². The van der Waals surface area contributed by atoms with Crippen LogP contribution in [0.4, 0.5) is 0 Å². The number of carbonyl (C=O) groups excluding carboxylic acids is 1. The normalized spacial score (nSPS) is 15.5. The Balaban J connectivity index is 1.25. The number of benzene rings is 2. The Bertz CT molecular complexity index is 1330. The van der Waals surface area contributed by atoms with Crippen molar-refractivity contribution in [3.8, 4) is 23.0 Å². The minimum absolute atomic E-state index is 0.000607. The van der Waals surface area contributed by atoms with Crippen LogP contribution in [0.1, 0.15) is 16.7 Å². The van der Waals surface area contributed by atoms with Gasteiger partial charge in [0.05, 0.1) is 26.2 Å². The topological polar surface area (TPSA) is 90.7 Å². The number of hydrogen-bond acceptors (Lipinski definition) is 8. The third kappa shape index (κ3) is 4.51. The van der Waals surface area contributed by atoms with Gasteiger partial charge in [0.25, 0.3) is 0 Å². The number of ether oxygens (including phenoxy) is 4. The van der Waals surface area contributed by atoms with E-state index in [0.29, 0.717) is 41.3 Å². The second-order valence-corrected chi connectivity index (χ2v) is 8.72. The van der Waals surface area contributed by atoms with Gasteiger partial charge in [0.2, 0.25) is 12.7 Å². The highest BCUT2D eigenvalue weighted by Crippen LogP contribution is 2.34. The first-order valence-corrected chi connectivity index (χ1v) is 11.5. The van der Waals surface area contributed by atoms with Crippen LogP contribution in [0.5, 0.6) is 23.0 Å². The van der Waals surface area contributed by atoms with Crippen molar-refractivity contribution in [1.82, 2.24) is 9.80 Å². The standard InChI is InChI=1S/C26H28N2O7/c1-16-18-11-22(31-2)23(32-3)13-21(18)35-26(30)19(16)12-25(29)28-8-6-27(7-9-28)14-17-4-5-20-24(10-17)34-15-33-20/h4-5,10-11,13H,6-9,12,14-15H2,1-3H3. The highest BCUT2D eigenvalue weighted by molar-refractivity contribution is 5.87. The van der Waals surface area contributed by atoms with Crippen molar-refractivity contribution in [2.45, 2.75) is 19.9 Å². The zero-order valence-electron chi connectivity index (χ0n) is 20.1. The molecule has 0 bridgehead atoms. The number of fused-ring (bicyclic) bond motifs is 2. The van der Waals surface area contributed by atoms with E-state index in [9.17, 15) is 9.59 Å². The summed E-state index contributed by atoms with van der Waals surface area (Å²) in [4.78, 5) is 29.9. The summed E-state index contributed by atoms with van der Waals surface area (Å²) in [5, 5.41) is 0.721. The summed E-state index contributed by atoms with van der Waals surface area (Å²) in [5.74, 6) is 2.48. The minimum atomic E-state index is -0.503. The molecule has 9 nitrogen and oxygen atoms in total. The van der Waals surface area contributed by atoms with Gasteiger partial charge in [0.15, 0.2) is 23.0 Å². The van der Waals surface area contributed by atoms with Crippen molar-refractivity contribution in [2.75, 3.05) is 47.2 Å². The number of aryl methyl sites for hydroxylation is 1. The number of rotatable bonds is 6. The average Bonchev–Trinajstić information content (AvgIpc) is 3.34. The molecular weight excluding hydrogens is 452 g/mol. The summed E-state index contributed by atoms with van der Waals surface area (Å²) in [7, 11) is 3.07. The highest BCUT2D eigenvalue weighted by Gasteiger charge is 2.24. The van der Waals surface area contributed by atoms with Gasteiger partial charge < -0.3 is 28.3 Å². The fourth-order valence-corrected chi connectivity index (χ4v) is 4.64. The Kier molecular flexibility index (Phi) is 6.25. The third-order valence-corrected chi connectivity index (χ3v) is 6.69. The average molecular weight is 481 g/mol. The van der Waals surface area contributed by atoms with Crippen LogP contribution in [0.2, 0.25) is 0 Å². The highest BCUT2D eigenvalue weighted by atomic mass is 16.7. The van der Waals surface area contributed by atoms with E-state index < -0.39 is 5.63 Å². The number of amides is 1. The van der Waals surface area contributed by atoms with Crippen molar-refractivity contribution in [3.05, 3.63) is 57.4 Å². The van der Waals surface area contributed by atoms with Crippen LogP contribution in [-0.4, -0.2) is 62.9 Å². The van der Waals surface area contributed by atoms with Gasteiger partial charge in [-0.3, -0.25) is 9.69 Å². The number of nitrogens with zero attached hydrogens (tertiary/aromatic N) is 2. The van der Waals surface area contributed by atoms with Gasteiger partial charge in [-0.2, -0.15) is 0 Å². The largest absolute Gasteiger partial charge is 0.493 e. The molecule has 184 valence electrons. The van der Waals surface area contributed by atoms with Crippen LogP contribution in [-0.2, 0) is 17.8 Å². The summed E-state index contributed by atoms with van der Waals surface area (Å²) >= 11 is 0. The SMILES string of the molecule is COc1cc2oc(=O)c(CC(=O)N3CCN(Cc4ccc5c(c4)OCO5)CC3)c(C)c2cc1OC. The van der Waals surface area contributed by atoms with E-state index in [-0.39, 0.29) is 19.1 Å². The summed E-state index contributed by atoms with van der Waals surface area (Å²) in [6.07, 6.45) is 0.000607. The lowest BCUT2D eigenvalue weighted by Crippen LogP contribution is -2.49. The zero-order chi connectivity index (χ0) is 24.5. The molecule has 0 atom stereocenters. The molecular formula is C26H28N2O7. The molecule has 1 fully saturated rings. The Labute approximate surface area is 202 Å². The molecule has 3 heterocycles. The first kappa shape index (κ1) is 23.0. The molecule has 3 aromatic rings. The lowest BCUT2D eigenvalue weighted by molar-refractivity contribution is -0.132. The Hall–Kier alpha value is -3.72. The molecule has 0 aliphatic carbocycles. The molecule has 0 saturated carbocycles. The van der Waals surface area contributed by atoms with Crippen molar-refractivity contribution < 1.29 is 28.2 Å². The van der Waals surface area contributed by atoms with Gasteiger partial charge in [-0.25, -0.2) is 4.79 Å². The molecule has 2 aromatic carbocycles. The molecule has 1 saturated heterocycles. The molecule has 35 heavy (non-hydrogen) atoms. The number of carbonyl (C=O) groups is 1. The third-order valence-electron chi connectivity index (χ3n) is 6.69. The molecule has 0 radical (unpaired) electrons. The maximum atomic E-state index is 13.1. The van der Waals surface area contributed by atoms with Crippen molar-refractivity contribution >= 4 is 16.9 Å². The van der Waals surface area contributed by atoms with E-state index in [0.717, 1.165) is 42.1 Å². The van der Waals surface area contributed by atoms with E-state index in [1.54, 1.807) is 19.2 Å². The van der Waals surface area contributed by atoms with Crippen LogP contribution >= 0.6 is 0 Å². The summed E-state index contributed by atoms with van der Waals surface area (Å²) < 4.78 is 27.1. The number of methoxy groups -OCH3 is 2. The fourth-order valence-electron chi connectivity index (χ4n) is 4.64. The maximum absolute atomic E-state index is 13.1. The Morgan fingerprint density at radius 2 is 1.69 bits per heavy atom. The quantitative estimate of drug-likeness (QED) is 0.498. The molecule has 0 N–H and O–H groups in total. The molecule has 9 heteroatoms. The number of piperazine rings is 1. The van der Waals surface area contributed by atoms with E-state index in [1.807, 2.05) is 30.0 Å². The predicted octanol–water partition coefficient (Wildman–Crippen LogP) is 2.73. The first-order chi connectivity index (χ1) is 17.0. The van der Waals surface area contributed by atoms with Gasteiger partial charge in [-0.1, -0.05) is 6.07 Å². The predicted molar refractivity (Wildman–Crippen MR) is 128 cm³/mol. The Morgan fingerprint density at radius 1 is 0.971 bits per heavy atom. The molecule has 0 unspecified atom stereocenters. The van der Waals surface area contributed by atoms with Gasteiger partial charge in [0, 0.05) is 44.2 Å². The Morgan fingerprint density at radius 3 is 2.43 bits per heavy atom. The smallest absolute Gasteiger partial charge is 0.340 e. The summed E-state index contributed by atoms with van der Waals surface area (Å²) in [6.45, 7) is 5.58. The van der Waals surface area contributed by atoms with Crippen LogP contribution < -0.4 is 24.6 Å². The lowest BCUT2D eigenvalue weighted by atomic mass is 10.0. The van der Waals surface area contributed by atoms with Crippen LogP contribution in [0.25, 0.3) is 11.0 Å². The molecule has 2 aliphatic rings. The van der Waals surface area contributed by atoms with E-state index in [1.165, 1.54) is 7.11 Å². The van der Waals surface area contributed by atoms with Gasteiger partial charge in [-0.15, -0.1) is 0 Å². The van der Waals surface area contributed by atoms with Crippen LogP contribution in [0, 0.1) is 6.92 Å². The second-order valence-electron chi connectivity index (χ2n) is 8.72. The van der Waals surface area contributed by atoms with Crippen molar-refractivity contribution in [1.29, 1.82) is 0 Å². The summed E-state index contributed by atoms with van der Waals surface area (Å²) in [5.41, 5.74) is 2.13. The monoisotopic (exact) mass is 480 g/mol. The number of hydrogen-bond donors (Lipinski definition) is 0. The molecule has 0 spiro atoms. The van der Waals surface area contributed by atoms with E-state index in [2.05, 4.69) is 4.90 Å². The van der Waals surface area contributed by atoms with Gasteiger partial charge >= 0.3 is 5.63 Å². The van der Waals surface area contributed by atoms with Crippen molar-refractivity contribution in [3.63, 3.8) is 0 Å². The molecule has 5 rings (SSSR count). The second kappa shape index (κ2) is 9.50. The first-order valence-electron chi connectivity index (χ1n) is 11.5. The summed E-state index contributed by atoms with van der Waals surface area (Å²) in [6, 6.07) is 9.38. The fraction of sp³-hybridized carbons (Fsp3) is 0.385. The van der Waals surface area contributed by atoms with E-state index >= 15 is 0 Å². The minimum Gasteiger partial charge on any atom is -0.493 e. The molecule has 2 aliphatic heterocycles. The maximum Gasteiger partial charge on any atom is 0.340 e.